The van der Waals surface area contributed by atoms with E-state index in [-0.39, 0.29) is 34.3 Å². The predicted molar refractivity (Wildman–Crippen MR) is 81.0 cm³/mol. The maximum atomic E-state index is 13.1. The van der Waals surface area contributed by atoms with Gasteiger partial charge in [0.05, 0.1) is 23.6 Å². The molecule has 6 nitrogen and oxygen atoms in total. The summed E-state index contributed by atoms with van der Waals surface area (Å²) in [4.78, 5) is 35.9. The second kappa shape index (κ2) is 6.78. The Bertz CT molecular complexity index is 717. The molecule has 2 rings (SSSR count). The molecule has 1 aromatic carbocycles. The molecule has 0 unspecified atom stereocenters. The third-order valence-corrected chi connectivity index (χ3v) is 3.67. The molecule has 1 atom stereocenters. The number of amides is 2. The second-order valence-corrected chi connectivity index (χ2v) is 5.36. The number of anilines is 1. The van der Waals surface area contributed by atoms with Crippen molar-refractivity contribution >= 4 is 35.1 Å². The Morgan fingerprint density at radius 1 is 1.43 bits per heavy atom. The summed E-state index contributed by atoms with van der Waals surface area (Å²) < 4.78 is 17.8. The zero-order valence-corrected chi connectivity index (χ0v) is 13.2. The third-order valence-electron chi connectivity index (χ3n) is 3.38. The van der Waals surface area contributed by atoms with E-state index in [1.807, 2.05) is 0 Å². The Hall–Kier alpha value is -2.41. The van der Waals surface area contributed by atoms with Crippen LogP contribution in [-0.4, -0.2) is 24.9 Å². The molecule has 0 aliphatic carbocycles. The fraction of sp³-hybridized carbons (Fsp3) is 0.267. The van der Waals surface area contributed by atoms with Gasteiger partial charge in [0.25, 0.3) is 0 Å². The van der Waals surface area contributed by atoms with E-state index in [4.69, 9.17) is 11.6 Å². The van der Waals surface area contributed by atoms with Crippen LogP contribution < -0.4 is 10.6 Å². The molecule has 1 heterocycles. The molecule has 1 aliphatic rings. The molecule has 0 radical (unpaired) electrons. The van der Waals surface area contributed by atoms with Crippen molar-refractivity contribution in [3.05, 3.63) is 40.3 Å². The van der Waals surface area contributed by atoms with Crippen LogP contribution in [0.3, 0.4) is 0 Å². The summed E-state index contributed by atoms with van der Waals surface area (Å²) in [6.45, 7) is 1.51. The first kappa shape index (κ1) is 17.0. The summed E-state index contributed by atoms with van der Waals surface area (Å²) >= 11 is 5.66. The lowest BCUT2D eigenvalue weighted by molar-refractivity contribution is -0.139. The van der Waals surface area contributed by atoms with Crippen LogP contribution in [0, 0.1) is 11.7 Å². The Morgan fingerprint density at radius 3 is 2.74 bits per heavy atom. The Labute approximate surface area is 136 Å². The number of carbonyl (C=O) groups excluding carboxylic acids is 3. The minimum Gasteiger partial charge on any atom is -0.466 e. The number of allylic oxidation sites excluding steroid dienone is 1. The lowest BCUT2D eigenvalue weighted by Gasteiger charge is -2.25. The summed E-state index contributed by atoms with van der Waals surface area (Å²) in [5, 5.41) is 4.87. The average molecular weight is 341 g/mol. The van der Waals surface area contributed by atoms with Crippen LogP contribution in [0.4, 0.5) is 10.1 Å². The smallest absolute Gasteiger partial charge is 0.336 e. The summed E-state index contributed by atoms with van der Waals surface area (Å²) in [5.74, 6) is -3.28. The number of carbonyl (C=O) groups is 3. The Morgan fingerprint density at radius 2 is 2.13 bits per heavy atom. The van der Waals surface area contributed by atoms with Gasteiger partial charge in [-0.2, -0.15) is 0 Å². The summed E-state index contributed by atoms with van der Waals surface area (Å²) in [6, 6.07) is 3.68. The van der Waals surface area contributed by atoms with E-state index in [0.717, 1.165) is 6.07 Å². The highest BCUT2D eigenvalue weighted by Crippen LogP contribution is 2.26. The normalized spacial score (nSPS) is 17.6. The average Bonchev–Trinajstić information content (AvgIpc) is 2.49. The Kier molecular flexibility index (Phi) is 5.00. The topological polar surface area (TPSA) is 84.5 Å². The van der Waals surface area contributed by atoms with E-state index < -0.39 is 23.6 Å². The van der Waals surface area contributed by atoms with Gasteiger partial charge in [0.15, 0.2) is 0 Å². The van der Waals surface area contributed by atoms with Gasteiger partial charge in [0.2, 0.25) is 11.8 Å². The monoisotopic (exact) mass is 340 g/mol. The molecule has 0 saturated heterocycles. The van der Waals surface area contributed by atoms with Crippen LogP contribution in [0.2, 0.25) is 5.02 Å². The molecule has 8 heteroatoms. The van der Waals surface area contributed by atoms with Crippen molar-refractivity contribution in [2.24, 2.45) is 5.92 Å². The van der Waals surface area contributed by atoms with Gasteiger partial charge in [0, 0.05) is 17.8 Å². The van der Waals surface area contributed by atoms with Crippen molar-refractivity contribution in [1.29, 1.82) is 0 Å². The number of methoxy groups -OCH3 is 1. The molecule has 0 fully saturated rings. The van der Waals surface area contributed by atoms with E-state index in [9.17, 15) is 18.8 Å². The summed E-state index contributed by atoms with van der Waals surface area (Å²) in [6.07, 6.45) is -0.192. The first-order chi connectivity index (χ1) is 10.8. The molecule has 0 aromatic heterocycles. The number of nitrogens with one attached hydrogen (secondary N) is 2. The van der Waals surface area contributed by atoms with E-state index in [1.54, 1.807) is 0 Å². The van der Waals surface area contributed by atoms with Gasteiger partial charge in [-0.05, 0) is 25.1 Å². The van der Waals surface area contributed by atoms with Gasteiger partial charge < -0.3 is 15.4 Å². The van der Waals surface area contributed by atoms with Crippen LogP contribution in [0.5, 0.6) is 0 Å². The molecular weight excluding hydrogens is 327 g/mol. The summed E-state index contributed by atoms with van der Waals surface area (Å²) in [5.41, 5.74) is 0.609. The third kappa shape index (κ3) is 3.68. The van der Waals surface area contributed by atoms with Gasteiger partial charge in [-0.25, -0.2) is 9.18 Å². The largest absolute Gasteiger partial charge is 0.466 e. The zero-order chi connectivity index (χ0) is 17.1. The van der Waals surface area contributed by atoms with Gasteiger partial charge in [0.1, 0.15) is 5.82 Å². The first-order valence-electron chi connectivity index (χ1n) is 6.68. The molecule has 2 N–H and O–H groups in total. The maximum Gasteiger partial charge on any atom is 0.336 e. The van der Waals surface area contributed by atoms with Crippen LogP contribution >= 0.6 is 11.6 Å². The highest BCUT2D eigenvalue weighted by atomic mass is 35.5. The molecule has 0 spiro atoms. The van der Waals surface area contributed by atoms with E-state index in [1.165, 1.54) is 26.2 Å². The van der Waals surface area contributed by atoms with Gasteiger partial charge in [-0.15, -0.1) is 0 Å². The minimum atomic E-state index is -1.000. The number of esters is 1. The fourth-order valence-corrected chi connectivity index (χ4v) is 2.49. The maximum absolute atomic E-state index is 13.1. The van der Waals surface area contributed by atoms with E-state index in [0.29, 0.717) is 0 Å². The highest BCUT2D eigenvalue weighted by molar-refractivity contribution is 6.31. The van der Waals surface area contributed by atoms with Crippen LogP contribution in [0.15, 0.2) is 29.5 Å². The number of benzene rings is 1. The quantitative estimate of drug-likeness (QED) is 0.824. The number of hydrogen-bond donors (Lipinski definition) is 2. The Balaban J connectivity index is 2.28. The first-order valence-corrected chi connectivity index (χ1v) is 7.06. The lowest BCUT2D eigenvalue weighted by Crippen LogP contribution is -2.40. The van der Waals surface area contributed by atoms with Gasteiger partial charge >= 0.3 is 5.97 Å². The molecule has 122 valence electrons. The van der Waals surface area contributed by atoms with Crippen molar-refractivity contribution < 1.29 is 23.5 Å². The van der Waals surface area contributed by atoms with Crippen molar-refractivity contribution in [3.8, 4) is 0 Å². The van der Waals surface area contributed by atoms with Crippen molar-refractivity contribution in [3.63, 3.8) is 0 Å². The SMILES string of the molecule is COC(=O)C1=C(C)NC(=O)C[C@H]1C(=O)Nc1ccc(F)c(Cl)c1. The number of hydrogen-bond acceptors (Lipinski definition) is 4. The molecule has 1 aromatic rings. The standard InChI is InChI=1S/C15H14ClFN2O4/c1-7-13(15(22)23-2)9(6-12(20)18-7)14(21)19-8-3-4-11(17)10(16)5-8/h3-5,9H,6H2,1-2H3,(H,18,20)(H,19,21)/t9-/m1/s1. The van der Waals surface area contributed by atoms with Crippen molar-refractivity contribution in [2.45, 2.75) is 13.3 Å². The number of halogens is 2. The highest BCUT2D eigenvalue weighted by Gasteiger charge is 2.36. The van der Waals surface area contributed by atoms with Crippen LogP contribution in [-0.2, 0) is 19.1 Å². The van der Waals surface area contributed by atoms with E-state index in [2.05, 4.69) is 15.4 Å². The molecule has 2 amide bonds. The minimum absolute atomic E-state index is 0.0813. The molecule has 1 aliphatic heterocycles. The fourth-order valence-electron chi connectivity index (χ4n) is 2.31. The van der Waals surface area contributed by atoms with Crippen LogP contribution in [0.1, 0.15) is 13.3 Å². The predicted octanol–water partition coefficient (Wildman–Crippen LogP) is 2.00. The lowest BCUT2D eigenvalue weighted by atomic mass is 9.89. The molecule has 0 saturated carbocycles. The van der Waals surface area contributed by atoms with Gasteiger partial charge in [-0.1, -0.05) is 11.6 Å². The zero-order valence-electron chi connectivity index (χ0n) is 12.4. The number of ether oxygens (including phenoxy) is 1. The molecule has 0 bridgehead atoms. The van der Waals surface area contributed by atoms with Gasteiger partial charge in [-0.3, -0.25) is 9.59 Å². The number of rotatable bonds is 3. The van der Waals surface area contributed by atoms with E-state index >= 15 is 0 Å². The summed E-state index contributed by atoms with van der Waals surface area (Å²) in [7, 11) is 1.19. The van der Waals surface area contributed by atoms with Crippen molar-refractivity contribution in [1.82, 2.24) is 5.32 Å². The van der Waals surface area contributed by atoms with Crippen LogP contribution in [0.25, 0.3) is 0 Å². The second-order valence-electron chi connectivity index (χ2n) is 4.95. The molecular formula is C15H14ClFN2O4. The van der Waals surface area contributed by atoms with Crippen molar-refractivity contribution in [2.75, 3.05) is 12.4 Å². The molecule has 23 heavy (non-hydrogen) atoms.